The minimum atomic E-state index is 0.153. The van der Waals surface area contributed by atoms with Crippen LogP contribution < -0.4 is 10.1 Å². The van der Waals surface area contributed by atoms with Crippen molar-refractivity contribution in [3.8, 4) is 16.9 Å². The lowest BCUT2D eigenvalue weighted by atomic mass is 9.92. The van der Waals surface area contributed by atoms with Gasteiger partial charge in [0.1, 0.15) is 17.7 Å². The molecule has 2 aliphatic rings. The summed E-state index contributed by atoms with van der Waals surface area (Å²) in [5.74, 6) is 2.18. The van der Waals surface area contributed by atoms with Gasteiger partial charge < -0.3 is 14.8 Å². The maximum absolute atomic E-state index is 6.58. The van der Waals surface area contributed by atoms with Gasteiger partial charge in [-0.2, -0.15) is 5.10 Å². The number of nitrogens with one attached hydrogen (secondary N) is 1. The molecule has 4 aromatic rings. The Morgan fingerprint density at radius 1 is 1.03 bits per heavy atom. The highest BCUT2D eigenvalue weighted by Gasteiger charge is 2.38. The van der Waals surface area contributed by atoms with Crippen molar-refractivity contribution >= 4 is 17.2 Å². The van der Waals surface area contributed by atoms with Crippen LogP contribution in [0.5, 0.6) is 5.75 Å². The number of likely N-dealkylation sites (N-methyl/N-ethyl adjacent to an activating group) is 1. The summed E-state index contributed by atoms with van der Waals surface area (Å²) in [6.07, 6.45) is 10.8. The zero-order chi connectivity index (χ0) is 23.1. The van der Waals surface area contributed by atoms with Crippen molar-refractivity contribution in [3.05, 3.63) is 60.9 Å². The molecule has 174 valence electrons. The molecule has 1 unspecified atom stereocenters. The number of anilines is 2. The van der Waals surface area contributed by atoms with Crippen molar-refractivity contribution in [3.63, 3.8) is 0 Å². The highest BCUT2D eigenvalue weighted by atomic mass is 16.5. The van der Waals surface area contributed by atoms with Gasteiger partial charge in [0.15, 0.2) is 5.82 Å². The quantitative estimate of drug-likeness (QED) is 0.487. The molecule has 2 bridgehead atoms. The Bertz CT molecular complexity index is 1300. The second-order valence-electron chi connectivity index (χ2n) is 9.07. The van der Waals surface area contributed by atoms with Gasteiger partial charge >= 0.3 is 0 Å². The van der Waals surface area contributed by atoms with Crippen LogP contribution in [-0.4, -0.2) is 67.9 Å². The largest absolute Gasteiger partial charge is 0.488 e. The van der Waals surface area contributed by atoms with Gasteiger partial charge in [-0.05, 0) is 37.7 Å². The van der Waals surface area contributed by atoms with Crippen molar-refractivity contribution in [1.29, 1.82) is 0 Å². The third-order valence-corrected chi connectivity index (χ3v) is 6.73. The van der Waals surface area contributed by atoms with E-state index in [4.69, 9.17) is 9.47 Å². The van der Waals surface area contributed by atoms with Crippen molar-refractivity contribution in [2.45, 2.75) is 38.0 Å². The molecule has 0 radical (unpaired) electrons. The van der Waals surface area contributed by atoms with E-state index in [-0.39, 0.29) is 6.10 Å². The molecule has 2 aliphatic heterocycles. The van der Waals surface area contributed by atoms with Crippen LogP contribution in [0.1, 0.15) is 18.5 Å². The van der Waals surface area contributed by atoms with Crippen LogP contribution in [0.4, 0.5) is 11.6 Å². The number of hydrogen-bond donors (Lipinski definition) is 1. The first-order valence-electron chi connectivity index (χ1n) is 11.6. The summed E-state index contributed by atoms with van der Waals surface area (Å²) in [7, 11) is 2.20. The number of morpholine rings is 1. The zero-order valence-corrected chi connectivity index (χ0v) is 19.3. The summed E-state index contributed by atoms with van der Waals surface area (Å²) in [5.41, 5.74) is 4.03. The molecule has 0 aliphatic carbocycles. The fourth-order valence-corrected chi connectivity index (χ4v) is 4.91. The first kappa shape index (κ1) is 21.0. The minimum Gasteiger partial charge on any atom is -0.488 e. The summed E-state index contributed by atoms with van der Waals surface area (Å²) in [6.45, 7) is 3.55. The first-order valence-corrected chi connectivity index (χ1v) is 11.6. The van der Waals surface area contributed by atoms with E-state index >= 15 is 0 Å². The lowest BCUT2D eigenvalue weighted by molar-refractivity contribution is -0.0879. The van der Waals surface area contributed by atoms with Gasteiger partial charge in [0.05, 0.1) is 31.1 Å². The fourth-order valence-electron chi connectivity index (χ4n) is 4.91. The molecule has 3 atom stereocenters. The van der Waals surface area contributed by atoms with Gasteiger partial charge in [0.25, 0.3) is 0 Å². The third kappa shape index (κ3) is 4.08. The van der Waals surface area contributed by atoms with Crippen LogP contribution in [0.25, 0.3) is 16.6 Å². The van der Waals surface area contributed by atoms with Crippen LogP contribution in [0, 0.1) is 6.92 Å². The van der Waals surface area contributed by atoms with Gasteiger partial charge in [0, 0.05) is 60.8 Å². The lowest BCUT2D eigenvalue weighted by Crippen LogP contribution is -2.57. The van der Waals surface area contributed by atoms with E-state index < -0.39 is 0 Å². The van der Waals surface area contributed by atoms with Gasteiger partial charge in [-0.3, -0.25) is 14.9 Å². The van der Waals surface area contributed by atoms with Crippen LogP contribution in [0.3, 0.4) is 0 Å². The second kappa shape index (κ2) is 8.66. The van der Waals surface area contributed by atoms with Crippen LogP contribution >= 0.6 is 0 Å². The Hall–Kier alpha value is -3.56. The molecule has 9 nitrogen and oxygen atoms in total. The van der Waals surface area contributed by atoms with Crippen LogP contribution in [0.15, 0.2) is 55.2 Å². The molecule has 0 aromatic carbocycles. The highest BCUT2D eigenvalue weighted by Crippen LogP contribution is 2.35. The molecule has 0 spiro atoms. The number of nitrogens with zero attached hydrogens (tertiary/aromatic N) is 6. The number of hydrogen-bond acceptors (Lipinski definition) is 8. The van der Waals surface area contributed by atoms with Crippen LogP contribution in [-0.2, 0) is 4.74 Å². The minimum absolute atomic E-state index is 0.153. The molecule has 6 rings (SSSR count). The molecular weight excluding hydrogens is 430 g/mol. The molecule has 34 heavy (non-hydrogen) atoms. The average molecular weight is 458 g/mol. The van der Waals surface area contributed by atoms with Gasteiger partial charge in [-0.15, -0.1) is 0 Å². The maximum Gasteiger partial charge on any atom is 0.154 e. The maximum atomic E-state index is 6.58. The monoisotopic (exact) mass is 457 g/mol. The van der Waals surface area contributed by atoms with Gasteiger partial charge in [-0.25, -0.2) is 9.50 Å². The van der Waals surface area contributed by atoms with E-state index in [1.54, 1.807) is 18.6 Å². The third-order valence-electron chi connectivity index (χ3n) is 6.73. The van der Waals surface area contributed by atoms with Crippen LogP contribution in [0.2, 0.25) is 0 Å². The van der Waals surface area contributed by atoms with E-state index in [1.807, 2.05) is 29.9 Å². The topological polar surface area (TPSA) is 89.7 Å². The Balaban J connectivity index is 1.28. The predicted octanol–water partition coefficient (Wildman–Crippen LogP) is 3.48. The molecule has 2 saturated heterocycles. The van der Waals surface area contributed by atoms with Crippen molar-refractivity contribution in [2.24, 2.45) is 0 Å². The number of piperidine rings is 1. The number of aryl methyl sites for hydroxylation is 1. The van der Waals surface area contributed by atoms with E-state index in [0.717, 1.165) is 54.1 Å². The predicted molar refractivity (Wildman–Crippen MR) is 128 cm³/mol. The molecule has 1 N–H and O–H groups in total. The van der Waals surface area contributed by atoms with E-state index in [1.165, 1.54) is 0 Å². The zero-order valence-electron chi connectivity index (χ0n) is 19.3. The second-order valence-corrected chi connectivity index (χ2v) is 9.07. The molecule has 0 saturated carbocycles. The number of rotatable bonds is 5. The highest BCUT2D eigenvalue weighted by molar-refractivity contribution is 5.75. The van der Waals surface area contributed by atoms with Crippen molar-refractivity contribution in [1.82, 2.24) is 29.5 Å². The molecule has 2 fully saturated rings. The van der Waals surface area contributed by atoms with Crippen molar-refractivity contribution < 1.29 is 9.47 Å². The standard InChI is InChI=1S/C25H27N7O2/c1-16-7-22(23(12-28-16)34-21-9-19-14-33-15-20(10-21)31(19)2)17-3-6-32-18(8-17)11-24(30-32)29-25-13-26-4-5-27-25/h3-8,11-13,19-21H,9-10,14-15H2,1-2H3,(H,27,29,30)/t19-,20+,21?. The van der Waals surface area contributed by atoms with Crippen molar-refractivity contribution in [2.75, 3.05) is 25.6 Å². The Morgan fingerprint density at radius 3 is 2.68 bits per heavy atom. The molecule has 4 aromatic heterocycles. The molecule has 9 heteroatoms. The number of ether oxygens (including phenoxy) is 2. The van der Waals surface area contributed by atoms with Gasteiger partial charge in [0.2, 0.25) is 0 Å². The Labute approximate surface area is 197 Å². The number of fused-ring (bicyclic) bond motifs is 3. The normalized spacial score (nSPS) is 22.6. The summed E-state index contributed by atoms with van der Waals surface area (Å²) >= 11 is 0. The number of aromatic nitrogens is 5. The van der Waals surface area contributed by atoms with E-state index in [0.29, 0.717) is 23.7 Å². The van der Waals surface area contributed by atoms with E-state index in [2.05, 4.69) is 55.5 Å². The fraction of sp³-hybridized carbons (Fsp3) is 0.360. The summed E-state index contributed by atoms with van der Waals surface area (Å²) in [6, 6.07) is 9.07. The summed E-state index contributed by atoms with van der Waals surface area (Å²) in [4.78, 5) is 15.3. The van der Waals surface area contributed by atoms with E-state index in [9.17, 15) is 0 Å². The lowest BCUT2D eigenvalue weighted by Gasteiger charge is -2.46. The Kier molecular flexibility index (Phi) is 5.35. The first-order chi connectivity index (χ1) is 16.6. The van der Waals surface area contributed by atoms with Gasteiger partial charge in [-0.1, -0.05) is 0 Å². The molecule has 6 heterocycles. The average Bonchev–Trinajstić information content (AvgIpc) is 3.23. The summed E-state index contributed by atoms with van der Waals surface area (Å²) < 4.78 is 14.2. The summed E-state index contributed by atoms with van der Waals surface area (Å²) in [5, 5.41) is 7.79. The SMILES string of the molecule is Cc1cc(-c2ccn3nc(Nc4cnccn4)cc3c2)c(OC2C[C@H]3COC[C@@H](C2)N3C)cn1. The number of pyridine rings is 2. The Morgan fingerprint density at radius 2 is 1.88 bits per heavy atom. The molecule has 0 amide bonds. The smallest absolute Gasteiger partial charge is 0.154 e. The molecular formula is C25H27N7O2.